The molecule has 0 unspecified atom stereocenters. The fourth-order valence-corrected chi connectivity index (χ4v) is 3.43. The van der Waals surface area contributed by atoms with E-state index in [-0.39, 0.29) is 34.9 Å². The topological polar surface area (TPSA) is 69.7 Å². The zero-order chi connectivity index (χ0) is 21.0. The minimum atomic E-state index is -0.512. The van der Waals surface area contributed by atoms with Crippen molar-refractivity contribution in [3.8, 4) is 0 Å². The van der Waals surface area contributed by atoms with Gasteiger partial charge >= 0.3 is 0 Å². The molecule has 3 amide bonds. The second-order valence-electron chi connectivity index (χ2n) is 6.49. The highest BCUT2D eigenvalue weighted by atomic mass is 35.5. The van der Waals surface area contributed by atoms with Crippen LogP contribution in [0.2, 0.25) is 10.0 Å². The van der Waals surface area contributed by atoms with Crippen LogP contribution in [0.25, 0.3) is 0 Å². The van der Waals surface area contributed by atoms with Crippen molar-refractivity contribution in [1.82, 2.24) is 15.1 Å². The van der Waals surface area contributed by atoms with Gasteiger partial charge in [0, 0.05) is 36.8 Å². The molecule has 3 rings (SSSR count). The molecule has 0 aliphatic carbocycles. The van der Waals surface area contributed by atoms with Gasteiger partial charge in [-0.1, -0.05) is 29.3 Å². The van der Waals surface area contributed by atoms with Crippen LogP contribution in [0.15, 0.2) is 42.5 Å². The Balaban J connectivity index is 1.50. The standard InChI is InChI=1S/C20H18Cl2FN3O3/c21-14-3-1-2-13(10-14)19(28)24-12-18(27)25-6-8-26(9-7-25)20(29)16-5-4-15(23)11-17(16)22/h1-5,10-11H,6-9,12H2,(H,24,28). The molecular weight excluding hydrogens is 420 g/mol. The first-order chi connectivity index (χ1) is 13.8. The van der Waals surface area contributed by atoms with E-state index in [9.17, 15) is 18.8 Å². The average Bonchev–Trinajstić information content (AvgIpc) is 2.71. The van der Waals surface area contributed by atoms with Crippen molar-refractivity contribution < 1.29 is 18.8 Å². The molecule has 1 fully saturated rings. The molecule has 0 atom stereocenters. The van der Waals surface area contributed by atoms with Gasteiger partial charge in [-0.2, -0.15) is 0 Å². The summed E-state index contributed by atoms with van der Waals surface area (Å²) in [4.78, 5) is 40.2. The van der Waals surface area contributed by atoms with Gasteiger partial charge in [0.1, 0.15) is 5.82 Å². The lowest BCUT2D eigenvalue weighted by atomic mass is 10.1. The molecule has 1 saturated heterocycles. The third kappa shape index (κ3) is 5.25. The van der Waals surface area contributed by atoms with E-state index in [1.165, 1.54) is 18.2 Å². The molecular formula is C20H18Cl2FN3O3. The predicted molar refractivity (Wildman–Crippen MR) is 108 cm³/mol. The van der Waals surface area contributed by atoms with Gasteiger partial charge in [0.25, 0.3) is 11.8 Å². The van der Waals surface area contributed by atoms with E-state index in [0.29, 0.717) is 36.8 Å². The van der Waals surface area contributed by atoms with Gasteiger partial charge < -0.3 is 15.1 Å². The summed E-state index contributed by atoms with van der Waals surface area (Å²) in [6.45, 7) is 1.15. The van der Waals surface area contributed by atoms with Crippen LogP contribution in [0, 0.1) is 5.82 Å². The summed E-state index contributed by atoms with van der Waals surface area (Å²) < 4.78 is 13.2. The molecule has 0 aromatic heterocycles. The quantitative estimate of drug-likeness (QED) is 0.799. The van der Waals surface area contributed by atoms with Gasteiger partial charge in [0.15, 0.2) is 0 Å². The summed E-state index contributed by atoms with van der Waals surface area (Å²) in [6.07, 6.45) is 0. The molecule has 1 heterocycles. The first-order valence-corrected chi connectivity index (χ1v) is 9.66. The zero-order valence-electron chi connectivity index (χ0n) is 15.3. The summed E-state index contributed by atoms with van der Waals surface area (Å²) in [6, 6.07) is 10.1. The van der Waals surface area contributed by atoms with E-state index in [2.05, 4.69) is 5.32 Å². The van der Waals surface area contributed by atoms with E-state index >= 15 is 0 Å². The monoisotopic (exact) mass is 437 g/mol. The van der Waals surface area contributed by atoms with Crippen molar-refractivity contribution in [2.24, 2.45) is 0 Å². The van der Waals surface area contributed by atoms with Gasteiger partial charge in [0.05, 0.1) is 17.1 Å². The van der Waals surface area contributed by atoms with Gasteiger partial charge in [0.2, 0.25) is 5.91 Å². The number of rotatable bonds is 4. The molecule has 0 spiro atoms. The summed E-state index contributed by atoms with van der Waals surface area (Å²) >= 11 is 11.8. The Kier molecular flexibility index (Phi) is 6.71. The molecule has 152 valence electrons. The highest BCUT2D eigenvalue weighted by Gasteiger charge is 2.26. The second-order valence-corrected chi connectivity index (χ2v) is 7.33. The van der Waals surface area contributed by atoms with E-state index in [1.54, 1.807) is 28.0 Å². The van der Waals surface area contributed by atoms with Crippen molar-refractivity contribution in [2.45, 2.75) is 0 Å². The fraction of sp³-hybridized carbons (Fsp3) is 0.250. The van der Waals surface area contributed by atoms with Crippen LogP contribution in [-0.2, 0) is 4.79 Å². The van der Waals surface area contributed by atoms with Crippen molar-refractivity contribution in [3.05, 3.63) is 69.5 Å². The summed E-state index contributed by atoms with van der Waals surface area (Å²) in [5.41, 5.74) is 0.596. The Hall–Kier alpha value is -2.64. The Labute approximate surface area is 177 Å². The van der Waals surface area contributed by atoms with Gasteiger partial charge in [-0.15, -0.1) is 0 Å². The van der Waals surface area contributed by atoms with Crippen LogP contribution in [0.5, 0.6) is 0 Å². The van der Waals surface area contributed by atoms with E-state index in [0.717, 1.165) is 6.07 Å². The third-order valence-electron chi connectivity index (χ3n) is 4.57. The maximum Gasteiger partial charge on any atom is 0.255 e. The lowest BCUT2D eigenvalue weighted by Gasteiger charge is -2.35. The SMILES string of the molecule is O=C(NCC(=O)N1CCN(C(=O)c2ccc(F)cc2Cl)CC1)c1cccc(Cl)c1. The molecule has 0 radical (unpaired) electrons. The molecule has 2 aromatic rings. The van der Waals surface area contributed by atoms with Gasteiger partial charge in [-0.3, -0.25) is 14.4 Å². The van der Waals surface area contributed by atoms with Crippen LogP contribution in [0.3, 0.4) is 0 Å². The third-order valence-corrected chi connectivity index (χ3v) is 5.12. The zero-order valence-corrected chi connectivity index (χ0v) is 16.8. The van der Waals surface area contributed by atoms with E-state index in [4.69, 9.17) is 23.2 Å². The predicted octanol–water partition coefficient (Wildman–Crippen LogP) is 2.85. The minimum absolute atomic E-state index is 0.0530. The number of carbonyl (C=O) groups is 3. The van der Waals surface area contributed by atoms with Gasteiger partial charge in [-0.25, -0.2) is 4.39 Å². The molecule has 0 saturated carbocycles. The fourth-order valence-electron chi connectivity index (χ4n) is 2.99. The largest absolute Gasteiger partial charge is 0.343 e. The highest BCUT2D eigenvalue weighted by molar-refractivity contribution is 6.33. The molecule has 9 heteroatoms. The van der Waals surface area contributed by atoms with Crippen molar-refractivity contribution in [2.75, 3.05) is 32.7 Å². The maximum absolute atomic E-state index is 13.2. The van der Waals surface area contributed by atoms with Crippen molar-refractivity contribution in [3.63, 3.8) is 0 Å². The number of hydrogen-bond donors (Lipinski definition) is 1. The number of amides is 3. The Morgan fingerprint density at radius 3 is 2.31 bits per heavy atom. The maximum atomic E-state index is 13.2. The molecule has 1 aliphatic heterocycles. The summed E-state index contributed by atoms with van der Waals surface area (Å²) in [5, 5.41) is 3.06. The number of halogens is 3. The summed E-state index contributed by atoms with van der Waals surface area (Å²) in [7, 11) is 0. The molecule has 1 aliphatic rings. The smallest absolute Gasteiger partial charge is 0.255 e. The number of piperazine rings is 1. The highest BCUT2D eigenvalue weighted by Crippen LogP contribution is 2.20. The first kappa shape index (κ1) is 21.1. The van der Waals surface area contributed by atoms with Crippen LogP contribution >= 0.6 is 23.2 Å². The Bertz CT molecular complexity index is 946. The first-order valence-electron chi connectivity index (χ1n) is 8.91. The lowest BCUT2D eigenvalue weighted by Crippen LogP contribution is -2.52. The van der Waals surface area contributed by atoms with Gasteiger partial charge in [-0.05, 0) is 36.4 Å². The number of nitrogens with zero attached hydrogens (tertiary/aromatic N) is 2. The number of hydrogen-bond acceptors (Lipinski definition) is 3. The molecule has 1 N–H and O–H groups in total. The average molecular weight is 438 g/mol. The molecule has 29 heavy (non-hydrogen) atoms. The second kappa shape index (κ2) is 9.24. The molecule has 2 aromatic carbocycles. The van der Waals surface area contributed by atoms with E-state index in [1.807, 2.05) is 0 Å². The van der Waals surface area contributed by atoms with Crippen LogP contribution in [-0.4, -0.2) is 60.2 Å². The number of carbonyl (C=O) groups excluding carboxylic acids is 3. The van der Waals surface area contributed by atoms with Crippen molar-refractivity contribution in [1.29, 1.82) is 0 Å². The molecule has 0 bridgehead atoms. The van der Waals surface area contributed by atoms with E-state index < -0.39 is 5.82 Å². The summed E-state index contributed by atoms with van der Waals surface area (Å²) in [5.74, 6) is -1.45. The van der Waals surface area contributed by atoms with Crippen molar-refractivity contribution >= 4 is 40.9 Å². The minimum Gasteiger partial charge on any atom is -0.343 e. The van der Waals surface area contributed by atoms with Crippen LogP contribution in [0.4, 0.5) is 4.39 Å². The lowest BCUT2D eigenvalue weighted by molar-refractivity contribution is -0.131. The number of benzene rings is 2. The molecule has 6 nitrogen and oxygen atoms in total. The normalized spacial score (nSPS) is 13.9. The Morgan fingerprint density at radius 1 is 0.966 bits per heavy atom. The number of nitrogens with one attached hydrogen (secondary N) is 1. The van der Waals surface area contributed by atoms with Crippen LogP contribution in [0.1, 0.15) is 20.7 Å². The van der Waals surface area contributed by atoms with Crippen LogP contribution < -0.4 is 5.32 Å². The Morgan fingerprint density at radius 2 is 1.66 bits per heavy atom.